The van der Waals surface area contributed by atoms with Gasteiger partial charge in [-0.25, -0.2) is 9.67 Å². The number of tetrazole rings is 1. The molecule has 2 aromatic heterocycles. The molecule has 130 valence electrons. The summed E-state index contributed by atoms with van der Waals surface area (Å²) in [5, 5.41) is 14.3. The van der Waals surface area contributed by atoms with Crippen molar-refractivity contribution in [2.24, 2.45) is 7.05 Å². The van der Waals surface area contributed by atoms with Crippen LogP contribution in [-0.4, -0.2) is 36.1 Å². The van der Waals surface area contributed by atoms with Gasteiger partial charge in [-0.05, 0) is 34.7 Å². The SMILES string of the molecule is Cn1nnnc1-c1cccc(NC(=O)CCc2nc3ccccc3[nH]2)c1. The lowest BCUT2D eigenvalue weighted by Crippen LogP contribution is -2.12. The molecule has 0 saturated carbocycles. The first-order valence-corrected chi connectivity index (χ1v) is 8.25. The predicted molar refractivity (Wildman–Crippen MR) is 97.3 cm³/mol. The quantitative estimate of drug-likeness (QED) is 0.577. The van der Waals surface area contributed by atoms with Crippen molar-refractivity contribution < 1.29 is 4.79 Å². The second-order valence-corrected chi connectivity index (χ2v) is 5.96. The zero-order valence-corrected chi connectivity index (χ0v) is 14.2. The third-order valence-corrected chi connectivity index (χ3v) is 4.05. The highest BCUT2D eigenvalue weighted by atomic mass is 16.1. The fourth-order valence-corrected chi connectivity index (χ4v) is 2.79. The first-order valence-electron chi connectivity index (χ1n) is 8.25. The number of carbonyl (C=O) groups excluding carboxylic acids is 1. The van der Waals surface area contributed by atoms with Gasteiger partial charge in [-0.1, -0.05) is 24.3 Å². The van der Waals surface area contributed by atoms with Crippen LogP contribution in [0, 0.1) is 0 Å². The number of imidazole rings is 1. The maximum Gasteiger partial charge on any atom is 0.224 e. The number of carbonyl (C=O) groups is 1. The zero-order valence-electron chi connectivity index (χ0n) is 14.2. The monoisotopic (exact) mass is 347 g/mol. The number of rotatable bonds is 5. The van der Waals surface area contributed by atoms with Crippen LogP contribution in [0.25, 0.3) is 22.4 Å². The van der Waals surface area contributed by atoms with Crippen LogP contribution in [0.2, 0.25) is 0 Å². The number of nitrogens with zero attached hydrogens (tertiary/aromatic N) is 5. The lowest BCUT2D eigenvalue weighted by molar-refractivity contribution is -0.116. The van der Waals surface area contributed by atoms with Crippen molar-refractivity contribution in [2.75, 3.05) is 5.32 Å². The van der Waals surface area contributed by atoms with E-state index in [0.717, 1.165) is 22.4 Å². The van der Waals surface area contributed by atoms with E-state index in [1.807, 2.05) is 48.5 Å². The Hall–Kier alpha value is -3.55. The first kappa shape index (κ1) is 15.9. The van der Waals surface area contributed by atoms with Crippen molar-refractivity contribution in [3.8, 4) is 11.4 Å². The standard InChI is InChI=1S/C18H17N7O/c1-25-18(22-23-24-25)12-5-4-6-13(11-12)19-17(26)10-9-16-20-14-7-2-3-8-15(14)21-16/h2-8,11H,9-10H2,1H3,(H,19,26)(H,20,21). The minimum atomic E-state index is -0.0707. The van der Waals surface area contributed by atoms with Crippen molar-refractivity contribution in [1.29, 1.82) is 0 Å². The Morgan fingerprint density at radius 1 is 1.19 bits per heavy atom. The van der Waals surface area contributed by atoms with E-state index < -0.39 is 0 Å². The Kier molecular flexibility index (Phi) is 4.14. The number of para-hydroxylation sites is 2. The molecule has 0 saturated heterocycles. The van der Waals surface area contributed by atoms with Crippen molar-refractivity contribution >= 4 is 22.6 Å². The summed E-state index contributed by atoms with van der Waals surface area (Å²) in [7, 11) is 1.77. The lowest BCUT2D eigenvalue weighted by Gasteiger charge is -2.06. The molecule has 0 aliphatic carbocycles. The van der Waals surface area contributed by atoms with Gasteiger partial charge in [0.2, 0.25) is 5.91 Å². The Morgan fingerprint density at radius 3 is 2.88 bits per heavy atom. The molecule has 0 aliphatic heterocycles. The van der Waals surface area contributed by atoms with Crippen LogP contribution in [0.15, 0.2) is 48.5 Å². The number of benzene rings is 2. The summed E-state index contributed by atoms with van der Waals surface area (Å²) < 4.78 is 1.59. The summed E-state index contributed by atoms with van der Waals surface area (Å²) in [4.78, 5) is 20.0. The van der Waals surface area contributed by atoms with Gasteiger partial charge in [-0.15, -0.1) is 5.10 Å². The molecule has 0 radical (unpaired) electrons. The minimum absolute atomic E-state index is 0.0707. The Morgan fingerprint density at radius 2 is 2.08 bits per heavy atom. The number of fused-ring (bicyclic) bond motifs is 1. The van der Waals surface area contributed by atoms with Crippen LogP contribution in [0.4, 0.5) is 5.69 Å². The Bertz CT molecular complexity index is 1030. The molecule has 4 aromatic rings. The largest absolute Gasteiger partial charge is 0.342 e. The number of aryl methyl sites for hydroxylation is 2. The zero-order chi connectivity index (χ0) is 17.9. The predicted octanol–water partition coefficient (Wildman–Crippen LogP) is 2.32. The summed E-state index contributed by atoms with van der Waals surface area (Å²) in [6.45, 7) is 0. The Labute approximate surface area is 149 Å². The molecule has 0 spiro atoms. The van der Waals surface area contributed by atoms with E-state index in [-0.39, 0.29) is 5.91 Å². The molecule has 0 bridgehead atoms. The molecule has 8 heteroatoms. The molecular formula is C18H17N7O. The lowest BCUT2D eigenvalue weighted by atomic mass is 10.2. The molecule has 2 aromatic carbocycles. The minimum Gasteiger partial charge on any atom is -0.342 e. The highest BCUT2D eigenvalue weighted by molar-refractivity contribution is 5.91. The second kappa shape index (κ2) is 6.75. The highest BCUT2D eigenvalue weighted by Gasteiger charge is 2.09. The molecule has 8 nitrogen and oxygen atoms in total. The Balaban J connectivity index is 1.41. The summed E-state index contributed by atoms with van der Waals surface area (Å²) in [6.07, 6.45) is 0.892. The molecule has 0 unspecified atom stereocenters. The second-order valence-electron chi connectivity index (χ2n) is 5.96. The van der Waals surface area contributed by atoms with Crippen LogP contribution in [0.3, 0.4) is 0 Å². The number of H-pyrrole nitrogens is 1. The number of aromatic amines is 1. The third-order valence-electron chi connectivity index (χ3n) is 4.05. The molecule has 2 heterocycles. The summed E-state index contributed by atoms with van der Waals surface area (Å²) >= 11 is 0. The highest BCUT2D eigenvalue weighted by Crippen LogP contribution is 2.20. The van der Waals surface area contributed by atoms with E-state index in [1.165, 1.54) is 0 Å². The molecule has 26 heavy (non-hydrogen) atoms. The van der Waals surface area contributed by atoms with Gasteiger partial charge in [0, 0.05) is 31.1 Å². The van der Waals surface area contributed by atoms with Crippen molar-refractivity contribution in [2.45, 2.75) is 12.8 Å². The van der Waals surface area contributed by atoms with E-state index in [4.69, 9.17) is 0 Å². The van der Waals surface area contributed by atoms with Crippen LogP contribution in [-0.2, 0) is 18.3 Å². The van der Waals surface area contributed by atoms with Gasteiger partial charge < -0.3 is 10.3 Å². The van der Waals surface area contributed by atoms with Crippen molar-refractivity contribution in [1.82, 2.24) is 30.2 Å². The smallest absolute Gasteiger partial charge is 0.224 e. The van der Waals surface area contributed by atoms with Gasteiger partial charge in [0.1, 0.15) is 5.82 Å². The van der Waals surface area contributed by atoms with Crippen LogP contribution in [0.1, 0.15) is 12.2 Å². The number of anilines is 1. The molecule has 0 aliphatic rings. The van der Waals surface area contributed by atoms with Gasteiger partial charge in [0.25, 0.3) is 0 Å². The van der Waals surface area contributed by atoms with Gasteiger partial charge in [0.15, 0.2) is 5.82 Å². The number of amides is 1. The maximum absolute atomic E-state index is 12.3. The third kappa shape index (κ3) is 3.30. The molecule has 1 amide bonds. The van der Waals surface area contributed by atoms with Crippen molar-refractivity contribution in [3.05, 3.63) is 54.4 Å². The average molecular weight is 347 g/mol. The maximum atomic E-state index is 12.3. The van der Waals surface area contributed by atoms with Crippen molar-refractivity contribution in [3.63, 3.8) is 0 Å². The fourth-order valence-electron chi connectivity index (χ4n) is 2.79. The topological polar surface area (TPSA) is 101 Å². The fraction of sp³-hybridized carbons (Fsp3) is 0.167. The van der Waals surface area contributed by atoms with E-state index in [2.05, 4.69) is 30.8 Å². The summed E-state index contributed by atoms with van der Waals surface area (Å²) in [6, 6.07) is 15.3. The van der Waals surface area contributed by atoms with E-state index in [9.17, 15) is 4.79 Å². The van der Waals surface area contributed by atoms with Crippen LogP contribution >= 0.6 is 0 Å². The van der Waals surface area contributed by atoms with E-state index in [1.54, 1.807) is 11.7 Å². The number of nitrogens with one attached hydrogen (secondary N) is 2. The molecular weight excluding hydrogens is 330 g/mol. The molecule has 0 atom stereocenters. The number of aromatic nitrogens is 6. The number of hydrogen-bond donors (Lipinski definition) is 2. The molecule has 0 fully saturated rings. The van der Waals surface area contributed by atoms with Gasteiger partial charge in [0.05, 0.1) is 11.0 Å². The van der Waals surface area contributed by atoms with Crippen LogP contribution in [0.5, 0.6) is 0 Å². The summed E-state index contributed by atoms with van der Waals surface area (Å²) in [5.74, 6) is 1.38. The van der Waals surface area contributed by atoms with Gasteiger partial charge >= 0.3 is 0 Å². The van der Waals surface area contributed by atoms with E-state index in [0.29, 0.717) is 24.4 Å². The molecule has 2 N–H and O–H groups in total. The van der Waals surface area contributed by atoms with Crippen LogP contribution < -0.4 is 5.32 Å². The molecule has 4 rings (SSSR count). The normalized spacial score (nSPS) is 11.0. The number of hydrogen-bond acceptors (Lipinski definition) is 5. The average Bonchev–Trinajstić information content (AvgIpc) is 3.25. The van der Waals surface area contributed by atoms with Gasteiger partial charge in [-0.2, -0.15) is 0 Å². The van der Waals surface area contributed by atoms with Gasteiger partial charge in [-0.3, -0.25) is 4.79 Å². The van der Waals surface area contributed by atoms with E-state index >= 15 is 0 Å². The first-order chi connectivity index (χ1) is 12.7. The summed E-state index contributed by atoms with van der Waals surface area (Å²) in [5.41, 5.74) is 3.44.